The van der Waals surface area contributed by atoms with E-state index >= 15 is 0 Å². The minimum atomic E-state index is -4.03. The van der Waals surface area contributed by atoms with E-state index < -0.39 is 32.5 Å². The Labute approximate surface area is 118 Å². The number of halogens is 2. The largest absolute Gasteiger partial charge is 0.318 e. The highest BCUT2D eigenvalue weighted by Gasteiger charge is 2.14. The molecule has 0 bridgehead atoms. The van der Waals surface area contributed by atoms with Crippen LogP contribution < -0.4 is 10.5 Å². The number of nitrogens with one attached hydrogen (secondary N) is 1. The van der Waals surface area contributed by atoms with Crippen LogP contribution in [0.3, 0.4) is 0 Å². The number of aromatic nitrogens is 1. The fourth-order valence-corrected chi connectivity index (χ4v) is 2.00. The van der Waals surface area contributed by atoms with Crippen molar-refractivity contribution >= 4 is 21.6 Å². The molecule has 0 unspecified atom stereocenters. The summed E-state index contributed by atoms with van der Waals surface area (Å²) in [6, 6.07) is 4.94. The summed E-state index contributed by atoms with van der Waals surface area (Å²) in [6.07, 6.45) is 0.843. The second kappa shape index (κ2) is 5.54. The highest BCUT2D eigenvalue weighted by Crippen LogP contribution is 2.18. The molecule has 21 heavy (non-hydrogen) atoms. The molecule has 2 aromatic rings. The lowest BCUT2D eigenvalue weighted by Gasteiger charge is -2.07. The summed E-state index contributed by atoms with van der Waals surface area (Å²) in [7, 11) is -4.03. The summed E-state index contributed by atoms with van der Waals surface area (Å²) in [5, 5.41) is 7.04. The Morgan fingerprint density at radius 2 is 1.90 bits per heavy atom. The summed E-state index contributed by atoms with van der Waals surface area (Å²) in [5.41, 5.74) is -0.371. The van der Waals surface area contributed by atoms with E-state index in [1.807, 2.05) is 0 Å². The number of nitrogens with two attached hydrogens (primary N) is 1. The third kappa shape index (κ3) is 3.58. The van der Waals surface area contributed by atoms with Crippen molar-refractivity contribution in [1.82, 2.24) is 4.98 Å². The van der Waals surface area contributed by atoms with Crippen LogP contribution >= 0.6 is 0 Å². The molecule has 0 radical (unpaired) electrons. The van der Waals surface area contributed by atoms with Crippen LogP contribution in [0.5, 0.6) is 0 Å². The first-order valence-electron chi connectivity index (χ1n) is 5.52. The van der Waals surface area contributed by atoms with Gasteiger partial charge in [0, 0.05) is 0 Å². The van der Waals surface area contributed by atoms with Gasteiger partial charge in [-0.25, -0.2) is 27.3 Å². The lowest BCUT2D eigenvalue weighted by atomic mass is 10.2. The molecule has 3 N–H and O–H groups in total. The van der Waals surface area contributed by atoms with Gasteiger partial charge in [0.2, 0.25) is 10.0 Å². The molecule has 1 aromatic heterocycles. The van der Waals surface area contributed by atoms with Gasteiger partial charge in [0.25, 0.3) is 5.91 Å². The molecule has 9 heteroatoms. The van der Waals surface area contributed by atoms with Crippen molar-refractivity contribution in [3.05, 3.63) is 53.9 Å². The number of nitrogens with zero attached hydrogens (tertiary/aromatic N) is 1. The number of pyridine rings is 1. The average Bonchev–Trinajstić information content (AvgIpc) is 2.40. The van der Waals surface area contributed by atoms with Crippen molar-refractivity contribution in [2.24, 2.45) is 5.14 Å². The number of hydrogen-bond donors (Lipinski definition) is 2. The van der Waals surface area contributed by atoms with Crippen molar-refractivity contribution in [2.45, 2.75) is 4.90 Å². The van der Waals surface area contributed by atoms with E-state index in [1.54, 1.807) is 0 Å². The smallest absolute Gasteiger partial charge is 0.274 e. The number of amides is 1. The number of benzene rings is 1. The summed E-state index contributed by atoms with van der Waals surface area (Å²) >= 11 is 0. The maximum atomic E-state index is 13.7. The Balaban J connectivity index is 2.24. The number of primary sulfonamides is 1. The van der Waals surface area contributed by atoms with Gasteiger partial charge in [-0.05, 0) is 30.3 Å². The van der Waals surface area contributed by atoms with Gasteiger partial charge in [0.15, 0.2) is 0 Å². The molecule has 0 atom stereocenters. The number of sulfonamides is 1. The Hall–Kier alpha value is -2.39. The fourth-order valence-electron chi connectivity index (χ4n) is 1.47. The van der Waals surface area contributed by atoms with Gasteiger partial charge >= 0.3 is 0 Å². The molecule has 0 saturated heterocycles. The molecule has 110 valence electrons. The lowest BCUT2D eigenvalue weighted by molar-refractivity contribution is 0.102. The Kier molecular flexibility index (Phi) is 3.96. The first-order valence-corrected chi connectivity index (χ1v) is 7.07. The van der Waals surface area contributed by atoms with E-state index in [-0.39, 0.29) is 11.4 Å². The molecule has 6 nitrogen and oxygen atoms in total. The first-order chi connectivity index (χ1) is 9.77. The highest BCUT2D eigenvalue weighted by molar-refractivity contribution is 7.89. The van der Waals surface area contributed by atoms with E-state index in [0.717, 1.165) is 30.5 Å². The number of hydrogen-bond acceptors (Lipinski definition) is 4. The number of anilines is 1. The number of rotatable bonds is 3. The maximum absolute atomic E-state index is 13.7. The van der Waals surface area contributed by atoms with Crippen molar-refractivity contribution in [3.63, 3.8) is 0 Å². The molecule has 0 aliphatic heterocycles. The minimum Gasteiger partial charge on any atom is -0.318 e. The predicted octanol–water partition coefficient (Wildman–Crippen LogP) is 1.26. The van der Waals surface area contributed by atoms with Crippen LogP contribution in [-0.2, 0) is 10.0 Å². The van der Waals surface area contributed by atoms with Gasteiger partial charge in [-0.15, -0.1) is 0 Å². The van der Waals surface area contributed by atoms with Gasteiger partial charge in [0.05, 0.1) is 16.8 Å². The second-order valence-corrected chi connectivity index (χ2v) is 5.56. The third-order valence-electron chi connectivity index (χ3n) is 2.48. The van der Waals surface area contributed by atoms with Gasteiger partial charge < -0.3 is 5.32 Å². The zero-order valence-electron chi connectivity index (χ0n) is 10.4. The maximum Gasteiger partial charge on any atom is 0.274 e. The summed E-state index contributed by atoms with van der Waals surface area (Å²) < 4.78 is 48.5. The quantitative estimate of drug-likeness (QED) is 0.890. The normalized spacial score (nSPS) is 11.2. The molecule has 0 aliphatic carbocycles. The molecular formula is C12H9F2N3O3S. The van der Waals surface area contributed by atoms with Gasteiger partial charge in [-0.2, -0.15) is 0 Å². The summed E-state index contributed by atoms with van der Waals surface area (Å²) in [4.78, 5) is 14.9. The van der Waals surface area contributed by atoms with Crippen LogP contribution in [0.4, 0.5) is 14.5 Å². The van der Waals surface area contributed by atoms with E-state index in [0.29, 0.717) is 6.07 Å². The highest BCUT2D eigenvalue weighted by atomic mass is 32.2. The molecular weight excluding hydrogens is 304 g/mol. The molecule has 0 aliphatic rings. The van der Waals surface area contributed by atoms with Crippen LogP contribution in [-0.4, -0.2) is 19.3 Å². The van der Waals surface area contributed by atoms with Crippen LogP contribution in [0.2, 0.25) is 0 Å². The summed E-state index contributed by atoms with van der Waals surface area (Å²) in [6.45, 7) is 0. The van der Waals surface area contributed by atoms with Crippen molar-refractivity contribution in [1.29, 1.82) is 0 Å². The molecule has 1 amide bonds. The van der Waals surface area contributed by atoms with E-state index in [9.17, 15) is 22.0 Å². The van der Waals surface area contributed by atoms with Crippen LogP contribution in [0, 0.1) is 11.6 Å². The molecule has 0 saturated carbocycles. The first kappa shape index (κ1) is 15.0. The molecule has 1 aromatic carbocycles. The topological polar surface area (TPSA) is 102 Å². The summed E-state index contributed by atoms with van der Waals surface area (Å²) in [5.74, 6) is -2.36. The SMILES string of the molecule is NS(=O)(=O)c1ccc(NC(=O)c2ccc(F)cn2)c(F)c1. The Morgan fingerprint density at radius 1 is 1.19 bits per heavy atom. The number of carbonyl (C=O) groups excluding carboxylic acids is 1. The Bertz CT molecular complexity index is 792. The molecule has 0 fully saturated rings. The average molecular weight is 313 g/mol. The zero-order valence-corrected chi connectivity index (χ0v) is 11.2. The third-order valence-corrected chi connectivity index (χ3v) is 3.39. The monoisotopic (exact) mass is 313 g/mol. The Morgan fingerprint density at radius 3 is 2.43 bits per heavy atom. The van der Waals surface area contributed by atoms with Crippen molar-refractivity contribution < 1.29 is 22.0 Å². The predicted molar refractivity (Wildman–Crippen MR) is 69.9 cm³/mol. The molecule has 2 rings (SSSR count). The van der Waals surface area contributed by atoms with Crippen LogP contribution in [0.25, 0.3) is 0 Å². The standard InChI is InChI=1S/C12H9F2N3O3S/c13-7-1-3-11(16-6-7)12(18)17-10-4-2-8(5-9(10)14)21(15,19)20/h1-6H,(H,17,18)(H2,15,19,20). The van der Waals surface area contributed by atoms with Gasteiger partial charge in [-0.1, -0.05) is 0 Å². The van der Waals surface area contributed by atoms with Crippen LogP contribution in [0.1, 0.15) is 10.5 Å². The van der Waals surface area contributed by atoms with E-state index in [4.69, 9.17) is 5.14 Å². The van der Waals surface area contributed by atoms with E-state index in [2.05, 4.69) is 10.3 Å². The van der Waals surface area contributed by atoms with E-state index in [1.165, 1.54) is 0 Å². The molecule has 0 spiro atoms. The molecule has 1 heterocycles. The number of carbonyl (C=O) groups is 1. The lowest BCUT2D eigenvalue weighted by Crippen LogP contribution is -2.16. The van der Waals surface area contributed by atoms with Gasteiger partial charge in [0.1, 0.15) is 17.3 Å². The fraction of sp³-hybridized carbons (Fsp3) is 0. The zero-order chi connectivity index (χ0) is 15.6. The van der Waals surface area contributed by atoms with Crippen molar-refractivity contribution in [3.8, 4) is 0 Å². The van der Waals surface area contributed by atoms with Gasteiger partial charge in [-0.3, -0.25) is 4.79 Å². The second-order valence-electron chi connectivity index (χ2n) is 4.00. The van der Waals surface area contributed by atoms with Crippen molar-refractivity contribution in [2.75, 3.05) is 5.32 Å². The minimum absolute atomic E-state index is 0.119. The van der Waals surface area contributed by atoms with Crippen LogP contribution in [0.15, 0.2) is 41.4 Å².